The quantitative estimate of drug-likeness (QED) is 0.489. The van der Waals surface area contributed by atoms with Gasteiger partial charge in [0.05, 0.1) is 22.7 Å². The van der Waals surface area contributed by atoms with Crippen LogP contribution in [0, 0.1) is 6.92 Å². The van der Waals surface area contributed by atoms with Gasteiger partial charge in [-0.2, -0.15) is 0 Å². The van der Waals surface area contributed by atoms with E-state index in [1.807, 2.05) is 63.2 Å². The number of hydrogen-bond acceptors (Lipinski definition) is 4. The number of aryl methyl sites for hydroxylation is 1. The topological polar surface area (TPSA) is 64.0 Å². The van der Waals surface area contributed by atoms with E-state index >= 15 is 0 Å². The van der Waals surface area contributed by atoms with Crippen LogP contribution in [0.4, 0.5) is 0 Å². The molecule has 1 atom stereocenters. The Morgan fingerprint density at radius 1 is 1.18 bits per heavy atom. The Bertz CT molecular complexity index is 1030. The Kier molecular flexibility index (Phi) is 6.52. The Balaban J connectivity index is 2.00. The minimum Gasteiger partial charge on any atom is -0.355 e. The van der Waals surface area contributed by atoms with Crippen molar-refractivity contribution in [2.45, 2.75) is 44.1 Å². The maximum atomic E-state index is 13.2. The molecule has 0 saturated heterocycles. The number of nitrogens with one attached hydrogen (secondary N) is 1. The average molecular weight is 396 g/mol. The predicted octanol–water partition coefficient (Wildman–Crippen LogP) is 3.76. The van der Waals surface area contributed by atoms with E-state index in [2.05, 4.69) is 5.32 Å². The van der Waals surface area contributed by atoms with Crippen molar-refractivity contribution in [3.8, 4) is 0 Å². The molecule has 0 saturated carbocycles. The van der Waals surface area contributed by atoms with Crippen LogP contribution in [0.25, 0.3) is 10.9 Å². The van der Waals surface area contributed by atoms with Crippen molar-refractivity contribution in [2.24, 2.45) is 0 Å². The molecule has 0 bridgehead atoms. The number of benzene rings is 2. The summed E-state index contributed by atoms with van der Waals surface area (Å²) in [6.07, 6.45) is 0.884. The normalized spacial score (nSPS) is 12.1. The van der Waals surface area contributed by atoms with Gasteiger partial charge >= 0.3 is 0 Å². The third-order valence-electron chi connectivity index (χ3n) is 4.49. The van der Waals surface area contributed by atoms with Gasteiger partial charge in [-0.1, -0.05) is 60.6 Å². The molecule has 0 aliphatic heterocycles. The molecule has 1 heterocycles. The highest BCUT2D eigenvalue weighted by molar-refractivity contribution is 8.00. The monoisotopic (exact) mass is 395 g/mol. The molecule has 3 aromatic rings. The molecule has 1 amide bonds. The average Bonchev–Trinajstić information content (AvgIpc) is 2.70. The van der Waals surface area contributed by atoms with Gasteiger partial charge in [0.1, 0.15) is 0 Å². The molecule has 3 rings (SSSR count). The molecule has 6 heteroatoms. The fourth-order valence-corrected chi connectivity index (χ4v) is 3.79. The van der Waals surface area contributed by atoms with Gasteiger partial charge in [0.2, 0.25) is 5.91 Å². The summed E-state index contributed by atoms with van der Waals surface area (Å²) in [6.45, 7) is 6.95. The van der Waals surface area contributed by atoms with E-state index in [1.165, 1.54) is 17.3 Å². The lowest BCUT2D eigenvalue weighted by molar-refractivity contribution is -0.120. The number of carbonyl (C=O) groups excluding carboxylic acids is 1. The highest BCUT2D eigenvalue weighted by atomic mass is 32.2. The summed E-state index contributed by atoms with van der Waals surface area (Å²) in [6, 6.07) is 15.4. The molecule has 146 valence electrons. The van der Waals surface area contributed by atoms with E-state index in [0.29, 0.717) is 29.1 Å². The van der Waals surface area contributed by atoms with Crippen molar-refractivity contribution in [3.05, 3.63) is 70.0 Å². The minimum absolute atomic E-state index is 0.0452. The van der Waals surface area contributed by atoms with E-state index in [4.69, 9.17) is 4.98 Å². The molecule has 0 aliphatic carbocycles. The van der Waals surface area contributed by atoms with E-state index in [-0.39, 0.29) is 16.7 Å². The van der Waals surface area contributed by atoms with Crippen molar-refractivity contribution >= 4 is 28.6 Å². The maximum Gasteiger partial charge on any atom is 0.262 e. The fourth-order valence-electron chi connectivity index (χ4n) is 2.86. The Hall–Kier alpha value is -2.60. The highest BCUT2D eigenvalue weighted by Crippen LogP contribution is 2.23. The molecule has 0 unspecified atom stereocenters. The molecule has 1 aromatic heterocycles. The lowest BCUT2D eigenvalue weighted by atomic mass is 10.1. The third-order valence-corrected chi connectivity index (χ3v) is 5.58. The van der Waals surface area contributed by atoms with Crippen LogP contribution in [0.1, 0.15) is 31.4 Å². The van der Waals surface area contributed by atoms with Gasteiger partial charge < -0.3 is 5.32 Å². The molecule has 5 nitrogen and oxygen atoms in total. The second-order valence-corrected chi connectivity index (χ2v) is 8.15. The zero-order valence-corrected chi connectivity index (χ0v) is 17.3. The van der Waals surface area contributed by atoms with E-state index < -0.39 is 0 Å². The van der Waals surface area contributed by atoms with Crippen LogP contribution < -0.4 is 10.9 Å². The van der Waals surface area contributed by atoms with Crippen LogP contribution >= 0.6 is 11.8 Å². The molecule has 1 N–H and O–H groups in total. The summed E-state index contributed by atoms with van der Waals surface area (Å²) in [5.74, 6) is -0.0452. The predicted molar refractivity (Wildman–Crippen MR) is 115 cm³/mol. The highest BCUT2D eigenvalue weighted by Gasteiger charge is 2.19. The first-order valence-electron chi connectivity index (χ1n) is 9.49. The molecular formula is C22H25N3O2S. The van der Waals surface area contributed by atoms with Crippen molar-refractivity contribution in [2.75, 3.05) is 6.54 Å². The molecule has 0 fully saturated rings. The van der Waals surface area contributed by atoms with Gasteiger partial charge in [-0.3, -0.25) is 14.2 Å². The van der Waals surface area contributed by atoms with Crippen LogP contribution in [0.15, 0.2) is 58.5 Å². The second-order valence-electron chi connectivity index (χ2n) is 6.84. The number of thioether (sulfide) groups is 1. The van der Waals surface area contributed by atoms with Gasteiger partial charge in [0, 0.05) is 6.54 Å². The summed E-state index contributed by atoms with van der Waals surface area (Å²) in [7, 11) is 0. The first-order chi connectivity index (χ1) is 13.5. The van der Waals surface area contributed by atoms with Gasteiger partial charge in [-0.25, -0.2) is 4.98 Å². The largest absolute Gasteiger partial charge is 0.355 e. The number of rotatable bonds is 7. The zero-order valence-electron chi connectivity index (χ0n) is 16.4. The molecular weight excluding hydrogens is 370 g/mol. The minimum atomic E-state index is -0.344. The van der Waals surface area contributed by atoms with Crippen LogP contribution in [-0.4, -0.2) is 27.3 Å². The van der Waals surface area contributed by atoms with Crippen molar-refractivity contribution < 1.29 is 4.79 Å². The van der Waals surface area contributed by atoms with Gasteiger partial charge in [-0.15, -0.1) is 0 Å². The lowest BCUT2D eigenvalue weighted by Gasteiger charge is -2.16. The molecule has 0 radical (unpaired) electrons. The lowest BCUT2D eigenvalue weighted by Crippen LogP contribution is -2.32. The second kappa shape index (κ2) is 9.06. The summed E-state index contributed by atoms with van der Waals surface area (Å²) in [5.41, 5.74) is 2.75. The summed E-state index contributed by atoms with van der Waals surface area (Å²) >= 11 is 1.32. The standard InChI is InChI=1S/C22H25N3O2S/c1-4-13-23-20(26)16(3)28-22-24-19-8-6-5-7-18(19)21(27)25(22)14-17-11-9-15(2)10-12-17/h5-12,16H,4,13-14H2,1-3H3,(H,23,26)/t16-/m0/s1. The van der Waals surface area contributed by atoms with E-state index in [1.54, 1.807) is 10.6 Å². The Labute approximate surface area is 169 Å². The van der Waals surface area contributed by atoms with Crippen LogP contribution in [0.3, 0.4) is 0 Å². The van der Waals surface area contributed by atoms with Crippen LogP contribution in [0.5, 0.6) is 0 Å². The third kappa shape index (κ3) is 4.62. The van der Waals surface area contributed by atoms with E-state index in [0.717, 1.165) is 12.0 Å². The Morgan fingerprint density at radius 3 is 2.61 bits per heavy atom. The van der Waals surface area contributed by atoms with E-state index in [9.17, 15) is 9.59 Å². The smallest absolute Gasteiger partial charge is 0.262 e. The number of carbonyl (C=O) groups is 1. The first-order valence-corrected chi connectivity index (χ1v) is 10.4. The number of amides is 1. The van der Waals surface area contributed by atoms with Crippen molar-refractivity contribution in [1.29, 1.82) is 0 Å². The maximum absolute atomic E-state index is 13.2. The number of aromatic nitrogens is 2. The number of nitrogens with zero attached hydrogens (tertiary/aromatic N) is 2. The van der Waals surface area contributed by atoms with Gasteiger partial charge in [0.15, 0.2) is 5.16 Å². The number of fused-ring (bicyclic) bond motifs is 1. The van der Waals surface area contributed by atoms with Crippen LogP contribution in [-0.2, 0) is 11.3 Å². The van der Waals surface area contributed by atoms with Crippen molar-refractivity contribution in [3.63, 3.8) is 0 Å². The van der Waals surface area contributed by atoms with Crippen molar-refractivity contribution in [1.82, 2.24) is 14.9 Å². The number of hydrogen-bond donors (Lipinski definition) is 1. The molecule has 28 heavy (non-hydrogen) atoms. The summed E-state index contributed by atoms with van der Waals surface area (Å²) < 4.78 is 1.67. The summed E-state index contributed by atoms with van der Waals surface area (Å²) in [4.78, 5) is 30.2. The Morgan fingerprint density at radius 2 is 1.89 bits per heavy atom. The van der Waals surface area contributed by atoms with Crippen LogP contribution in [0.2, 0.25) is 0 Å². The molecule has 0 aliphatic rings. The number of para-hydroxylation sites is 1. The SMILES string of the molecule is CCCNC(=O)[C@H](C)Sc1nc2ccccc2c(=O)n1Cc1ccc(C)cc1. The fraction of sp³-hybridized carbons (Fsp3) is 0.318. The zero-order chi connectivity index (χ0) is 20.1. The van der Waals surface area contributed by atoms with Gasteiger partial charge in [0.25, 0.3) is 5.56 Å². The van der Waals surface area contributed by atoms with Gasteiger partial charge in [-0.05, 0) is 38.0 Å². The summed E-state index contributed by atoms with van der Waals surface area (Å²) in [5, 5.41) is 3.70. The molecule has 0 spiro atoms. The first kappa shape index (κ1) is 20.1. The molecule has 2 aromatic carbocycles.